The maximum absolute atomic E-state index is 4.50. The highest BCUT2D eigenvalue weighted by Gasteiger charge is 2.47. The smallest absolute Gasteiger partial charge is 0.0546 e. The van der Waals surface area contributed by atoms with E-state index >= 15 is 0 Å². The molecule has 2 nitrogen and oxygen atoms in total. The average molecular weight is 176 g/mol. The van der Waals surface area contributed by atoms with E-state index in [1.54, 1.807) is 5.56 Å². The molecule has 0 spiro atoms. The van der Waals surface area contributed by atoms with Crippen LogP contribution in [0.4, 0.5) is 0 Å². The molecule has 2 atom stereocenters. The maximum Gasteiger partial charge on any atom is 0.0546 e. The third-order valence-corrected chi connectivity index (χ3v) is 3.31. The predicted octanol–water partition coefficient (Wildman–Crippen LogP) is 2.30. The second-order valence-corrected chi connectivity index (χ2v) is 5.44. The van der Waals surface area contributed by atoms with Gasteiger partial charge in [0.1, 0.15) is 0 Å². The van der Waals surface area contributed by atoms with E-state index in [-0.39, 0.29) is 5.54 Å². The van der Waals surface area contributed by atoms with E-state index in [9.17, 15) is 0 Å². The molecule has 2 aliphatic rings. The lowest BCUT2D eigenvalue weighted by molar-refractivity contribution is 0.342. The number of aromatic nitrogens is 2. The van der Waals surface area contributed by atoms with Crippen LogP contribution in [-0.4, -0.2) is 9.78 Å². The zero-order valence-corrected chi connectivity index (χ0v) is 8.54. The van der Waals surface area contributed by atoms with Gasteiger partial charge in [0.05, 0.1) is 11.7 Å². The lowest BCUT2D eigenvalue weighted by atomic mass is 10.1. The Morgan fingerprint density at radius 2 is 2.23 bits per heavy atom. The molecular weight excluding hydrogens is 160 g/mol. The molecule has 0 saturated heterocycles. The van der Waals surface area contributed by atoms with Crippen LogP contribution in [0, 0.1) is 5.92 Å². The second-order valence-electron chi connectivity index (χ2n) is 5.44. The van der Waals surface area contributed by atoms with Crippen LogP contribution in [0.15, 0.2) is 6.20 Å². The number of hydrogen-bond acceptors (Lipinski definition) is 1. The fourth-order valence-electron chi connectivity index (χ4n) is 2.58. The Bertz CT molecular complexity index is 357. The first-order valence-electron chi connectivity index (χ1n) is 5.14. The molecule has 0 bridgehead atoms. The molecule has 1 heterocycles. The van der Waals surface area contributed by atoms with Crippen molar-refractivity contribution in [2.45, 2.75) is 45.1 Å². The minimum atomic E-state index is 0.157. The summed E-state index contributed by atoms with van der Waals surface area (Å²) in [5, 5.41) is 4.50. The topological polar surface area (TPSA) is 17.8 Å². The Morgan fingerprint density at radius 1 is 1.46 bits per heavy atom. The van der Waals surface area contributed by atoms with E-state index < -0.39 is 0 Å². The summed E-state index contributed by atoms with van der Waals surface area (Å²) in [5.41, 5.74) is 3.21. The molecule has 1 fully saturated rings. The summed E-state index contributed by atoms with van der Waals surface area (Å²) in [6.45, 7) is 6.68. The van der Waals surface area contributed by atoms with Gasteiger partial charge < -0.3 is 0 Å². The second kappa shape index (κ2) is 1.99. The van der Waals surface area contributed by atoms with Crippen LogP contribution in [0.3, 0.4) is 0 Å². The fraction of sp³-hybridized carbons (Fsp3) is 0.727. The number of nitrogens with zero attached hydrogens (tertiary/aromatic N) is 2. The zero-order chi connectivity index (χ0) is 9.22. The Kier molecular flexibility index (Phi) is 1.17. The summed E-state index contributed by atoms with van der Waals surface area (Å²) in [4.78, 5) is 0. The maximum atomic E-state index is 4.50. The van der Waals surface area contributed by atoms with Crippen molar-refractivity contribution in [1.82, 2.24) is 9.78 Å². The lowest BCUT2D eigenvalue weighted by Crippen LogP contribution is -2.25. The van der Waals surface area contributed by atoms with Gasteiger partial charge in [-0.3, -0.25) is 4.68 Å². The van der Waals surface area contributed by atoms with Crippen molar-refractivity contribution in [2.24, 2.45) is 5.92 Å². The van der Waals surface area contributed by atoms with Crippen LogP contribution >= 0.6 is 0 Å². The van der Waals surface area contributed by atoms with Crippen molar-refractivity contribution >= 4 is 0 Å². The van der Waals surface area contributed by atoms with Gasteiger partial charge in [-0.15, -0.1) is 0 Å². The summed E-state index contributed by atoms with van der Waals surface area (Å²) >= 11 is 0. The molecule has 0 N–H and O–H groups in total. The highest BCUT2D eigenvalue weighted by atomic mass is 15.3. The Labute approximate surface area is 78.9 Å². The molecule has 0 aromatic carbocycles. The molecule has 13 heavy (non-hydrogen) atoms. The van der Waals surface area contributed by atoms with Crippen LogP contribution < -0.4 is 0 Å². The van der Waals surface area contributed by atoms with Crippen LogP contribution in [0.2, 0.25) is 0 Å². The molecule has 2 heteroatoms. The van der Waals surface area contributed by atoms with E-state index in [0.29, 0.717) is 0 Å². The van der Waals surface area contributed by atoms with Crippen molar-refractivity contribution in [3.63, 3.8) is 0 Å². The molecular formula is C11H16N2. The van der Waals surface area contributed by atoms with Crippen molar-refractivity contribution in [3.05, 3.63) is 17.5 Å². The number of hydrogen-bond donors (Lipinski definition) is 0. The lowest BCUT2D eigenvalue weighted by Gasteiger charge is -2.22. The highest BCUT2D eigenvalue weighted by Crippen LogP contribution is 2.56. The van der Waals surface area contributed by atoms with E-state index in [2.05, 4.69) is 36.7 Å². The van der Waals surface area contributed by atoms with Crippen LogP contribution in [0.25, 0.3) is 0 Å². The van der Waals surface area contributed by atoms with Crippen LogP contribution in [0.5, 0.6) is 0 Å². The fourth-order valence-corrected chi connectivity index (χ4v) is 2.58. The Balaban J connectivity index is 2.10. The molecule has 0 aliphatic heterocycles. The predicted molar refractivity (Wildman–Crippen MR) is 51.8 cm³/mol. The summed E-state index contributed by atoms with van der Waals surface area (Å²) in [6, 6.07) is 0. The van der Waals surface area contributed by atoms with Gasteiger partial charge in [-0.05, 0) is 51.0 Å². The van der Waals surface area contributed by atoms with E-state index in [1.807, 2.05) is 0 Å². The molecule has 0 radical (unpaired) electrons. The minimum absolute atomic E-state index is 0.157. The van der Waals surface area contributed by atoms with Crippen molar-refractivity contribution in [3.8, 4) is 0 Å². The summed E-state index contributed by atoms with van der Waals surface area (Å²) in [7, 11) is 0. The number of fused-ring (bicyclic) bond motifs is 3. The molecule has 1 aromatic heterocycles. The van der Waals surface area contributed by atoms with Crippen molar-refractivity contribution in [1.29, 1.82) is 0 Å². The van der Waals surface area contributed by atoms with E-state index in [0.717, 1.165) is 11.8 Å². The molecule has 3 rings (SSSR count). The van der Waals surface area contributed by atoms with Crippen LogP contribution in [-0.2, 0) is 12.0 Å². The first kappa shape index (κ1) is 7.60. The van der Waals surface area contributed by atoms with Gasteiger partial charge in [0.25, 0.3) is 0 Å². The quantitative estimate of drug-likeness (QED) is 0.593. The largest absolute Gasteiger partial charge is 0.264 e. The third-order valence-electron chi connectivity index (χ3n) is 3.31. The van der Waals surface area contributed by atoms with Gasteiger partial charge in [0, 0.05) is 5.69 Å². The normalized spacial score (nSPS) is 30.1. The summed E-state index contributed by atoms with van der Waals surface area (Å²) < 4.78 is 2.22. The average Bonchev–Trinajstić information content (AvgIpc) is 2.52. The number of rotatable bonds is 0. The van der Waals surface area contributed by atoms with Gasteiger partial charge in [-0.1, -0.05) is 0 Å². The first-order chi connectivity index (χ1) is 6.07. The van der Waals surface area contributed by atoms with Crippen molar-refractivity contribution in [2.75, 3.05) is 0 Å². The molecule has 2 aliphatic carbocycles. The standard InChI is InChI=1S/C11H16N2/c1-11(2,3)13-10-5-7-4-8(7)9(10)6-12-13/h6-8H,4-5H2,1-3H3. The third kappa shape index (κ3) is 0.917. The minimum Gasteiger partial charge on any atom is -0.264 e. The molecule has 2 unspecified atom stereocenters. The van der Waals surface area contributed by atoms with Gasteiger partial charge >= 0.3 is 0 Å². The molecule has 1 aromatic rings. The summed E-state index contributed by atoms with van der Waals surface area (Å²) in [5.74, 6) is 1.85. The van der Waals surface area contributed by atoms with Gasteiger partial charge in [-0.25, -0.2) is 0 Å². The SMILES string of the molecule is CC(C)(C)n1ncc2c1CC1CC21. The molecule has 70 valence electrons. The monoisotopic (exact) mass is 176 g/mol. The van der Waals surface area contributed by atoms with E-state index in [1.165, 1.54) is 18.5 Å². The zero-order valence-electron chi connectivity index (χ0n) is 8.54. The van der Waals surface area contributed by atoms with Gasteiger partial charge in [0.15, 0.2) is 0 Å². The van der Waals surface area contributed by atoms with Crippen LogP contribution in [0.1, 0.15) is 44.4 Å². The molecule has 0 amide bonds. The first-order valence-corrected chi connectivity index (χ1v) is 5.14. The van der Waals surface area contributed by atoms with E-state index in [4.69, 9.17) is 0 Å². The summed E-state index contributed by atoms with van der Waals surface area (Å²) in [6.07, 6.45) is 4.79. The van der Waals surface area contributed by atoms with Crippen molar-refractivity contribution < 1.29 is 0 Å². The highest BCUT2D eigenvalue weighted by molar-refractivity contribution is 5.36. The van der Waals surface area contributed by atoms with Gasteiger partial charge in [-0.2, -0.15) is 5.10 Å². The Hall–Kier alpha value is -0.790. The molecule has 1 saturated carbocycles. The van der Waals surface area contributed by atoms with Gasteiger partial charge in [0.2, 0.25) is 0 Å². The Morgan fingerprint density at radius 3 is 2.92 bits per heavy atom.